The molecule has 1 aromatic heterocycles. The van der Waals surface area contributed by atoms with Crippen LogP contribution in [0.2, 0.25) is 0 Å². The number of hydrogen-bond acceptors (Lipinski definition) is 5. The topological polar surface area (TPSA) is 117 Å². The molecule has 8 nitrogen and oxygen atoms in total. The third kappa shape index (κ3) is 3.97. The molecule has 32 heavy (non-hydrogen) atoms. The SMILES string of the molecule is Cc1cc(C(=O)O)ccc1-c1ccc(C=C2C(=O)NC(=O)N(c3cccc(Br)c3)C2=O)o1. The zero-order valence-corrected chi connectivity index (χ0v) is 18.2. The van der Waals surface area contributed by atoms with E-state index >= 15 is 0 Å². The molecule has 4 amide bonds. The van der Waals surface area contributed by atoms with Gasteiger partial charge in [0.1, 0.15) is 17.1 Å². The number of urea groups is 1. The highest BCUT2D eigenvalue weighted by atomic mass is 79.9. The molecule has 2 aromatic carbocycles. The minimum atomic E-state index is -1.03. The van der Waals surface area contributed by atoms with Crippen LogP contribution in [0.15, 0.2) is 69.1 Å². The number of hydrogen-bond donors (Lipinski definition) is 2. The van der Waals surface area contributed by atoms with Crippen molar-refractivity contribution in [1.82, 2.24) is 5.32 Å². The normalized spacial score (nSPS) is 15.2. The molecular weight excluding hydrogens is 480 g/mol. The molecule has 0 spiro atoms. The third-order valence-corrected chi connectivity index (χ3v) is 5.31. The molecule has 0 atom stereocenters. The molecule has 3 aromatic rings. The number of carboxylic acids is 1. The van der Waals surface area contributed by atoms with E-state index in [-0.39, 0.29) is 16.9 Å². The molecule has 4 rings (SSSR count). The second kappa shape index (κ2) is 8.27. The van der Waals surface area contributed by atoms with Crippen molar-refractivity contribution in [2.24, 2.45) is 0 Å². The molecule has 0 bridgehead atoms. The minimum absolute atomic E-state index is 0.155. The molecular formula is C23H15BrN2O6. The van der Waals surface area contributed by atoms with Gasteiger partial charge >= 0.3 is 12.0 Å². The smallest absolute Gasteiger partial charge is 0.335 e. The molecule has 0 aliphatic carbocycles. The van der Waals surface area contributed by atoms with E-state index < -0.39 is 23.8 Å². The number of rotatable bonds is 4. The van der Waals surface area contributed by atoms with E-state index in [1.807, 2.05) is 0 Å². The van der Waals surface area contributed by atoms with Gasteiger partial charge < -0.3 is 9.52 Å². The Balaban J connectivity index is 1.67. The van der Waals surface area contributed by atoms with Crippen molar-refractivity contribution in [1.29, 1.82) is 0 Å². The van der Waals surface area contributed by atoms with Crippen LogP contribution in [0, 0.1) is 6.92 Å². The molecule has 1 aliphatic heterocycles. The summed E-state index contributed by atoms with van der Waals surface area (Å²) >= 11 is 3.29. The van der Waals surface area contributed by atoms with Crippen molar-refractivity contribution < 1.29 is 28.7 Å². The summed E-state index contributed by atoms with van der Waals surface area (Å²) in [5, 5.41) is 11.3. The van der Waals surface area contributed by atoms with Gasteiger partial charge in [0, 0.05) is 10.0 Å². The first kappa shape index (κ1) is 21.3. The molecule has 2 N–H and O–H groups in total. The fourth-order valence-corrected chi connectivity index (χ4v) is 3.68. The van der Waals surface area contributed by atoms with E-state index in [9.17, 15) is 19.2 Å². The van der Waals surface area contributed by atoms with E-state index in [0.717, 1.165) is 4.90 Å². The van der Waals surface area contributed by atoms with Crippen LogP contribution in [0.3, 0.4) is 0 Å². The van der Waals surface area contributed by atoms with Crippen LogP contribution >= 0.6 is 15.9 Å². The van der Waals surface area contributed by atoms with Crippen LogP contribution in [0.4, 0.5) is 10.5 Å². The van der Waals surface area contributed by atoms with Gasteiger partial charge in [0.25, 0.3) is 11.8 Å². The lowest BCUT2D eigenvalue weighted by Crippen LogP contribution is -2.54. The Hall–Kier alpha value is -3.98. The van der Waals surface area contributed by atoms with E-state index in [4.69, 9.17) is 9.52 Å². The zero-order chi connectivity index (χ0) is 23.0. The Kier molecular flexibility index (Phi) is 5.50. The number of carbonyl (C=O) groups is 4. The van der Waals surface area contributed by atoms with Gasteiger partial charge in [-0.2, -0.15) is 0 Å². The van der Waals surface area contributed by atoms with Gasteiger partial charge in [0.15, 0.2) is 0 Å². The number of aromatic carboxylic acids is 1. The number of barbiturate groups is 1. The number of aryl methyl sites for hydroxylation is 1. The van der Waals surface area contributed by atoms with Gasteiger partial charge in [-0.1, -0.05) is 28.1 Å². The molecule has 1 aliphatic rings. The average molecular weight is 495 g/mol. The maximum Gasteiger partial charge on any atom is 0.335 e. The van der Waals surface area contributed by atoms with E-state index in [1.54, 1.807) is 49.4 Å². The third-order valence-electron chi connectivity index (χ3n) is 4.82. The number of nitrogens with one attached hydrogen (secondary N) is 1. The Morgan fingerprint density at radius 3 is 2.56 bits per heavy atom. The molecule has 1 fully saturated rings. The van der Waals surface area contributed by atoms with E-state index in [2.05, 4.69) is 21.2 Å². The van der Waals surface area contributed by atoms with Crippen LogP contribution in [0.25, 0.3) is 17.4 Å². The molecule has 160 valence electrons. The van der Waals surface area contributed by atoms with Crippen molar-refractivity contribution >= 4 is 51.5 Å². The number of furan rings is 1. The number of benzene rings is 2. The number of carbonyl (C=O) groups excluding carboxylic acids is 3. The number of anilines is 1. The predicted octanol–water partition coefficient (Wildman–Crippen LogP) is 4.38. The van der Waals surface area contributed by atoms with Gasteiger partial charge in [0.05, 0.1) is 11.3 Å². The molecule has 0 unspecified atom stereocenters. The van der Waals surface area contributed by atoms with Crippen LogP contribution in [-0.2, 0) is 9.59 Å². The molecule has 0 radical (unpaired) electrons. The summed E-state index contributed by atoms with van der Waals surface area (Å²) in [6.45, 7) is 1.75. The molecule has 9 heteroatoms. The van der Waals surface area contributed by atoms with Gasteiger partial charge in [-0.15, -0.1) is 0 Å². The van der Waals surface area contributed by atoms with E-state index in [1.165, 1.54) is 18.2 Å². The molecule has 2 heterocycles. The quantitative estimate of drug-likeness (QED) is 0.410. The van der Waals surface area contributed by atoms with Crippen LogP contribution in [0.5, 0.6) is 0 Å². The first-order valence-corrected chi connectivity index (χ1v) is 10.1. The van der Waals surface area contributed by atoms with Crippen LogP contribution in [0.1, 0.15) is 21.7 Å². The predicted molar refractivity (Wildman–Crippen MR) is 119 cm³/mol. The van der Waals surface area contributed by atoms with Gasteiger partial charge in [-0.25, -0.2) is 14.5 Å². The lowest BCUT2D eigenvalue weighted by Gasteiger charge is -2.26. The second-order valence-electron chi connectivity index (χ2n) is 6.97. The molecule has 0 saturated carbocycles. The zero-order valence-electron chi connectivity index (χ0n) is 16.6. The van der Waals surface area contributed by atoms with Gasteiger partial charge in [-0.3, -0.25) is 14.9 Å². The fourth-order valence-electron chi connectivity index (χ4n) is 3.30. The Morgan fingerprint density at radius 1 is 1.09 bits per heavy atom. The highest BCUT2D eigenvalue weighted by Gasteiger charge is 2.37. The fraction of sp³-hybridized carbons (Fsp3) is 0.0435. The Bertz CT molecular complexity index is 1320. The average Bonchev–Trinajstić information content (AvgIpc) is 3.19. The highest BCUT2D eigenvalue weighted by molar-refractivity contribution is 9.10. The van der Waals surface area contributed by atoms with Crippen molar-refractivity contribution in [3.8, 4) is 11.3 Å². The monoisotopic (exact) mass is 494 g/mol. The van der Waals surface area contributed by atoms with Crippen molar-refractivity contribution in [2.45, 2.75) is 6.92 Å². The summed E-state index contributed by atoms with van der Waals surface area (Å²) in [5.74, 6) is -1.97. The Labute approximate surface area is 190 Å². The highest BCUT2D eigenvalue weighted by Crippen LogP contribution is 2.29. The minimum Gasteiger partial charge on any atom is -0.478 e. The first-order chi connectivity index (χ1) is 15.2. The number of imide groups is 2. The number of halogens is 1. The van der Waals surface area contributed by atoms with E-state index in [0.29, 0.717) is 27.0 Å². The number of amides is 4. The summed E-state index contributed by atoms with van der Waals surface area (Å²) < 4.78 is 6.44. The number of nitrogens with zero attached hydrogens (tertiary/aromatic N) is 1. The van der Waals surface area contributed by atoms with Gasteiger partial charge in [0.2, 0.25) is 0 Å². The van der Waals surface area contributed by atoms with Gasteiger partial charge in [-0.05, 0) is 61.0 Å². The lowest BCUT2D eigenvalue weighted by molar-refractivity contribution is -0.122. The maximum atomic E-state index is 13.0. The van der Waals surface area contributed by atoms with Crippen molar-refractivity contribution in [2.75, 3.05) is 4.90 Å². The largest absolute Gasteiger partial charge is 0.478 e. The summed E-state index contributed by atoms with van der Waals surface area (Å²) in [6, 6.07) is 13.6. The van der Waals surface area contributed by atoms with Crippen LogP contribution in [-0.4, -0.2) is 28.9 Å². The standard InChI is InChI=1S/C23H15BrN2O6/c1-12-9-13(22(29)30)5-7-17(12)19-8-6-16(32-19)11-18-20(27)25-23(31)26(21(18)28)15-4-2-3-14(24)10-15/h2-11H,1H3,(H,29,30)(H,25,27,31). The summed E-state index contributed by atoms with van der Waals surface area (Å²) in [7, 11) is 0. The van der Waals surface area contributed by atoms with Crippen molar-refractivity contribution in [3.63, 3.8) is 0 Å². The summed E-state index contributed by atoms with van der Waals surface area (Å²) in [5.41, 5.74) is 1.56. The maximum absolute atomic E-state index is 13.0. The summed E-state index contributed by atoms with van der Waals surface area (Å²) in [4.78, 5) is 49.6. The lowest BCUT2D eigenvalue weighted by atomic mass is 10.0. The number of carboxylic acid groups (broad SMARTS) is 1. The Morgan fingerprint density at radius 2 is 1.88 bits per heavy atom. The van der Waals surface area contributed by atoms with Crippen molar-refractivity contribution in [3.05, 3.63) is 81.5 Å². The summed E-state index contributed by atoms with van der Waals surface area (Å²) in [6.07, 6.45) is 1.26. The first-order valence-electron chi connectivity index (χ1n) is 9.36. The molecule has 1 saturated heterocycles. The van der Waals surface area contributed by atoms with Crippen LogP contribution < -0.4 is 10.2 Å². The second-order valence-corrected chi connectivity index (χ2v) is 7.89.